The van der Waals surface area contributed by atoms with Gasteiger partial charge in [-0.1, -0.05) is 0 Å². The Kier molecular flexibility index (Phi) is 6.54. The molecule has 0 aliphatic heterocycles. The highest BCUT2D eigenvalue weighted by molar-refractivity contribution is 5.97. The van der Waals surface area contributed by atoms with Crippen molar-refractivity contribution in [2.24, 2.45) is 0 Å². The third-order valence-electron chi connectivity index (χ3n) is 4.05. The average Bonchev–Trinajstić information content (AvgIpc) is 2.66. The maximum Gasteiger partial charge on any atom is 0.323 e. The first kappa shape index (κ1) is 20.7. The lowest BCUT2D eigenvalue weighted by molar-refractivity contribution is -0.384. The standard InChI is InChI=1S/C19H20N2O7/c1-12-6-14(21(25)26)4-5-17(12)19(24)20(11-18(22)23)10-13-7-15(27-2)9-16(8-13)28-3/h4-9H,10-11H2,1-3H3,(H,22,23). The summed E-state index contributed by atoms with van der Waals surface area (Å²) in [5.41, 5.74) is 1.06. The Balaban J connectivity index is 2.37. The number of non-ortho nitro benzene ring substituents is 1. The first-order valence-electron chi connectivity index (χ1n) is 8.23. The van der Waals surface area contributed by atoms with Crippen LogP contribution in [0.15, 0.2) is 36.4 Å². The van der Waals surface area contributed by atoms with E-state index in [0.717, 1.165) is 4.90 Å². The van der Waals surface area contributed by atoms with Crippen LogP contribution in [0.25, 0.3) is 0 Å². The molecule has 0 aliphatic rings. The molecule has 0 aliphatic carbocycles. The van der Waals surface area contributed by atoms with Crippen molar-refractivity contribution in [1.82, 2.24) is 4.90 Å². The van der Waals surface area contributed by atoms with Crippen molar-refractivity contribution >= 4 is 17.6 Å². The van der Waals surface area contributed by atoms with Gasteiger partial charge in [0.2, 0.25) is 0 Å². The van der Waals surface area contributed by atoms with E-state index >= 15 is 0 Å². The molecule has 2 aromatic carbocycles. The Labute approximate surface area is 161 Å². The first-order valence-corrected chi connectivity index (χ1v) is 8.23. The van der Waals surface area contributed by atoms with Crippen LogP contribution in [-0.4, -0.2) is 47.6 Å². The summed E-state index contributed by atoms with van der Waals surface area (Å²) in [5.74, 6) is -0.716. The van der Waals surface area contributed by atoms with Gasteiger partial charge in [0.1, 0.15) is 18.0 Å². The SMILES string of the molecule is COc1cc(CN(CC(=O)O)C(=O)c2ccc([N+](=O)[O-])cc2C)cc(OC)c1. The van der Waals surface area contributed by atoms with Gasteiger partial charge in [0.25, 0.3) is 11.6 Å². The number of aliphatic carboxylic acids is 1. The van der Waals surface area contributed by atoms with E-state index in [1.807, 2.05) is 0 Å². The fourth-order valence-corrected chi connectivity index (χ4v) is 2.71. The highest BCUT2D eigenvalue weighted by Crippen LogP contribution is 2.25. The number of carboxylic acid groups (broad SMARTS) is 1. The van der Waals surface area contributed by atoms with E-state index in [0.29, 0.717) is 22.6 Å². The molecule has 0 fully saturated rings. The zero-order valence-corrected chi connectivity index (χ0v) is 15.7. The highest BCUT2D eigenvalue weighted by atomic mass is 16.6. The van der Waals surface area contributed by atoms with E-state index in [4.69, 9.17) is 9.47 Å². The summed E-state index contributed by atoms with van der Waals surface area (Å²) >= 11 is 0. The molecule has 0 bridgehead atoms. The number of benzene rings is 2. The zero-order chi connectivity index (χ0) is 20.8. The summed E-state index contributed by atoms with van der Waals surface area (Å²) in [4.78, 5) is 35.7. The lowest BCUT2D eigenvalue weighted by atomic mass is 10.1. The van der Waals surface area contributed by atoms with E-state index < -0.39 is 23.3 Å². The minimum atomic E-state index is -1.18. The predicted molar refractivity (Wildman–Crippen MR) is 99.8 cm³/mol. The van der Waals surface area contributed by atoms with Crippen molar-refractivity contribution in [1.29, 1.82) is 0 Å². The van der Waals surface area contributed by atoms with Gasteiger partial charge in [0.15, 0.2) is 0 Å². The number of carbonyl (C=O) groups is 2. The normalized spacial score (nSPS) is 10.2. The van der Waals surface area contributed by atoms with Gasteiger partial charge in [-0.25, -0.2) is 0 Å². The van der Waals surface area contributed by atoms with Gasteiger partial charge in [0, 0.05) is 30.3 Å². The number of nitro groups is 1. The van der Waals surface area contributed by atoms with E-state index in [-0.39, 0.29) is 17.8 Å². The molecule has 9 heteroatoms. The van der Waals surface area contributed by atoms with Gasteiger partial charge in [-0.05, 0) is 36.2 Å². The molecule has 0 saturated carbocycles. The number of hydrogen-bond donors (Lipinski definition) is 1. The lowest BCUT2D eigenvalue weighted by Crippen LogP contribution is -2.35. The van der Waals surface area contributed by atoms with Crippen LogP contribution in [0.5, 0.6) is 11.5 Å². The van der Waals surface area contributed by atoms with Crippen LogP contribution in [0, 0.1) is 17.0 Å². The molecule has 0 heterocycles. The molecule has 1 N–H and O–H groups in total. The maximum absolute atomic E-state index is 12.9. The van der Waals surface area contributed by atoms with Crippen LogP contribution in [-0.2, 0) is 11.3 Å². The average molecular weight is 388 g/mol. The number of carboxylic acids is 1. The highest BCUT2D eigenvalue weighted by Gasteiger charge is 2.22. The smallest absolute Gasteiger partial charge is 0.323 e. The topological polar surface area (TPSA) is 119 Å². The third kappa shape index (κ3) is 4.97. The minimum Gasteiger partial charge on any atom is -0.497 e. The number of rotatable bonds is 8. The van der Waals surface area contributed by atoms with Crippen LogP contribution < -0.4 is 9.47 Å². The number of nitro benzene ring substituents is 1. The monoisotopic (exact) mass is 388 g/mol. The predicted octanol–water partition coefficient (Wildman–Crippen LogP) is 2.65. The Bertz CT molecular complexity index is 889. The van der Waals surface area contributed by atoms with Crippen molar-refractivity contribution in [3.8, 4) is 11.5 Å². The molecule has 2 aromatic rings. The number of carbonyl (C=O) groups excluding carboxylic acids is 1. The van der Waals surface area contributed by atoms with Gasteiger partial charge < -0.3 is 19.5 Å². The van der Waals surface area contributed by atoms with Gasteiger partial charge in [0.05, 0.1) is 19.1 Å². The number of nitrogens with zero attached hydrogens (tertiary/aromatic N) is 2. The molecule has 0 atom stereocenters. The number of amides is 1. The summed E-state index contributed by atoms with van der Waals surface area (Å²) in [7, 11) is 2.97. The number of methoxy groups -OCH3 is 2. The van der Waals surface area contributed by atoms with Crippen LogP contribution in [0.2, 0.25) is 0 Å². The fourth-order valence-electron chi connectivity index (χ4n) is 2.71. The summed E-state index contributed by atoms with van der Waals surface area (Å²) in [6.07, 6.45) is 0. The summed E-state index contributed by atoms with van der Waals surface area (Å²) in [6.45, 7) is 1.03. The second-order valence-electron chi connectivity index (χ2n) is 6.03. The molecule has 0 aromatic heterocycles. The van der Waals surface area contributed by atoms with Gasteiger partial charge in [-0.15, -0.1) is 0 Å². The second-order valence-corrected chi connectivity index (χ2v) is 6.03. The number of hydrogen-bond acceptors (Lipinski definition) is 6. The lowest BCUT2D eigenvalue weighted by Gasteiger charge is -2.22. The molecule has 28 heavy (non-hydrogen) atoms. The maximum atomic E-state index is 12.9. The number of ether oxygens (including phenoxy) is 2. The molecule has 9 nitrogen and oxygen atoms in total. The van der Waals surface area contributed by atoms with E-state index in [1.54, 1.807) is 25.1 Å². The van der Waals surface area contributed by atoms with Gasteiger partial charge in [-0.3, -0.25) is 19.7 Å². The Morgan fingerprint density at radius 3 is 2.18 bits per heavy atom. The van der Waals surface area contributed by atoms with Crippen LogP contribution in [0.4, 0.5) is 5.69 Å². The molecular formula is C19H20N2O7. The number of aryl methyl sites for hydroxylation is 1. The largest absolute Gasteiger partial charge is 0.497 e. The van der Waals surface area contributed by atoms with E-state index in [9.17, 15) is 24.8 Å². The van der Waals surface area contributed by atoms with Crippen molar-refractivity contribution in [3.05, 3.63) is 63.2 Å². The summed E-state index contributed by atoms with van der Waals surface area (Å²) in [5, 5.41) is 20.1. The van der Waals surface area contributed by atoms with Crippen molar-refractivity contribution < 1.29 is 29.1 Å². The Morgan fingerprint density at radius 1 is 1.11 bits per heavy atom. The molecule has 0 unspecified atom stereocenters. The molecule has 0 radical (unpaired) electrons. The summed E-state index contributed by atoms with van der Waals surface area (Å²) < 4.78 is 10.4. The zero-order valence-electron chi connectivity index (χ0n) is 15.7. The van der Waals surface area contributed by atoms with Gasteiger partial charge in [-0.2, -0.15) is 0 Å². The van der Waals surface area contributed by atoms with E-state index in [1.165, 1.54) is 32.4 Å². The summed E-state index contributed by atoms with van der Waals surface area (Å²) in [6, 6.07) is 8.83. The minimum absolute atomic E-state index is 0.00484. The molecule has 148 valence electrons. The van der Waals surface area contributed by atoms with Crippen molar-refractivity contribution in [2.45, 2.75) is 13.5 Å². The Morgan fingerprint density at radius 2 is 1.71 bits per heavy atom. The fraction of sp³-hybridized carbons (Fsp3) is 0.263. The van der Waals surface area contributed by atoms with Crippen molar-refractivity contribution in [3.63, 3.8) is 0 Å². The van der Waals surface area contributed by atoms with Crippen molar-refractivity contribution in [2.75, 3.05) is 20.8 Å². The first-order chi connectivity index (χ1) is 13.2. The molecule has 2 rings (SSSR count). The molecular weight excluding hydrogens is 368 g/mol. The quantitative estimate of drug-likeness (QED) is 0.545. The van der Waals surface area contributed by atoms with Crippen LogP contribution in [0.1, 0.15) is 21.5 Å². The third-order valence-corrected chi connectivity index (χ3v) is 4.05. The van der Waals surface area contributed by atoms with Crippen LogP contribution >= 0.6 is 0 Å². The molecule has 0 saturated heterocycles. The molecule has 1 amide bonds. The molecule has 0 spiro atoms. The van der Waals surface area contributed by atoms with Gasteiger partial charge >= 0.3 is 5.97 Å². The second kappa shape index (κ2) is 8.85. The van der Waals surface area contributed by atoms with E-state index in [2.05, 4.69) is 0 Å². The Hall–Kier alpha value is -3.62. The van der Waals surface area contributed by atoms with Crippen LogP contribution in [0.3, 0.4) is 0 Å².